The van der Waals surface area contributed by atoms with Crippen LogP contribution in [0.25, 0.3) is 0 Å². The molecule has 0 aliphatic heterocycles. The van der Waals surface area contributed by atoms with E-state index in [0.29, 0.717) is 13.0 Å². The molecule has 0 aliphatic rings. The second-order valence-electron chi connectivity index (χ2n) is 5.74. The molecule has 0 spiro atoms. The van der Waals surface area contributed by atoms with Crippen LogP contribution in [0.1, 0.15) is 39.7 Å². The summed E-state index contributed by atoms with van der Waals surface area (Å²) < 4.78 is 12.1. The first kappa shape index (κ1) is 17.9. The topological polar surface area (TPSA) is 30.5 Å². The first-order chi connectivity index (χ1) is 9.87. The molecule has 0 radical (unpaired) electrons. The van der Waals surface area contributed by atoms with Crippen molar-refractivity contribution >= 4 is 15.9 Å². The zero-order chi connectivity index (χ0) is 15.9. The molecule has 4 heteroatoms. The van der Waals surface area contributed by atoms with Crippen LogP contribution in [-0.4, -0.2) is 19.3 Å². The lowest BCUT2D eigenvalue weighted by Gasteiger charge is -2.21. The van der Waals surface area contributed by atoms with E-state index < -0.39 is 0 Å². The van der Waals surface area contributed by atoms with Crippen molar-refractivity contribution in [3.63, 3.8) is 0 Å². The van der Waals surface area contributed by atoms with Gasteiger partial charge in [-0.25, -0.2) is 0 Å². The highest BCUT2D eigenvalue weighted by molar-refractivity contribution is 9.10. The molecule has 0 aromatic heterocycles. The fraction of sp³-hybridized carbons (Fsp3) is 0.529. The highest BCUT2D eigenvalue weighted by atomic mass is 79.9. The van der Waals surface area contributed by atoms with Crippen LogP contribution >= 0.6 is 15.9 Å². The Hall–Kier alpha value is -1.18. The maximum absolute atomic E-state index is 5.77. The Kier molecular flexibility index (Phi) is 7.07. The van der Waals surface area contributed by atoms with Crippen LogP contribution in [0.2, 0.25) is 0 Å². The van der Waals surface area contributed by atoms with Crippen LogP contribution in [0.4, 0.5) is 0 Å². The highest BCUT2D eigenvalue weighted by Gasteiger charge is 2.13. The molecule has 21 heavy (non-hydrogen) atoms. The second kappa shape index (κ2) is 8.31. The first-order valence-corrected chi connectivity index (χ1v) is 7.80. The van der Waals surface area contributed by atoms with E-state index in [-0.39, 0.29) is 5.54 Å². The molecule has 0 heterocycles. The molecule has 0 fully saturated rings. The minimum Gasteiger partial charge on any atom is -0.493 e. The Morgan fingerprint density at radius 3 is 2.57 bits per heavy atom. The predicted molar refractivity (Wildman–Crippen MR) is 90.8 cm³/mol. The van der Waals surface area contributed by atoms with Crippen molar-refractivity contribution in [2.75, 3.05) is 13.7 Å². The molecular formula is C17H24BrNO2. The van der Waals surface area contributed by atoms with Crippen LogP contribution in [0.3, 0.4) is 0 Å². The maximum Gasteiger partial charge on any atom is 0.175 e. The van der Waals surface area contributed by atoms with Gasteiger partial charge in [-0.1, -0.05) is 0 Å². The second-order valence-corrected chi connectivity index (χ2v) is 6.59. The van der Waals surface area contributed by atoms with E-state index in [1.807, 2.05) is 13.0 Å². The van der Waals surface area contributed by atoms with Gasteiger partial charge in [0, 0.05) is 18.5 Å². The van der Waals surface area contributed by atoms with E-state index >= 15 is 0 Å². The average molecular weight is 354 g/mol. The summed E-state index contributed by atoms with van der Waals surface area (Å²) in [4.78, 5) is 0. The van der Waals surface area contributed by atoms with E-state index in [4.69, 9.17) is 9.47 Å². The summed E-state index contributed by atoms with van der Waals surface area (Å²) in [5.74, 6) is 7.31. The van der Waals surface area contributed by atoms with Crippen molar-refractivity contribution in [2.45, 2.75) is 46.2 Å². The van der Waals surface area contributed by atoms with Crippen LogP contribution < -0.4 is 14.8 Å². The number of nitrogens with one attached hydrogen (secondary N) is 1. The molecule has 116 valence electrons. The van der Waals surface area contributed by atoms with Gasteiger partial charge in [-0.3, -0.25) is 0 Å². The van der Waals surface area contributed by atoms with E-state index in [1.54, 1.807) is 7.11 Å². The molecular weight excluding hydrogens is 330 g/mol. The highest BCUT2D eigenvalue weighted by Crippen LogP contribution is 2.36. The minimum absolute atomic E-state index is 0.0771. The van der Waals surface area contributed by atoms with Crippen molar-refractivity contribution < 1.29 is 9.47 Å². The summed E-state index contributed by atoms with van der Waals surface area (Å²) in [5.41, 5.74) is 1.22. The number of hydrogen-bond donors (Lipinski definition) is 1. The van der Waals surface area contributed by atoms with Gasteiger partial charge in [-0.05, 0) is 61.3 Å². The Morgan fingerprint density at radius 2 is 2.00 bits per heavy atom. The predicted octanol–water partition coefficient (Wildman–Crippen LogP) is 4.14. The van der Waals surface area contributed by atoms with Gasteiger partial charge in [-0.15, -0.1) is 11.8 Å². The van der Waals surface area contributed by atoms with Gasteiger partial charge in [-0.2, -0.15) is 0 Å². The summed E-state index contributed by atoms with van der Waals surface area (Å²) in [5, 5.41) is 3.46. The third kappa shape index (κ3) is 6.41. The fourth-order valence-corrected chi connectivity index (χ4v) is 2.32. The molecule has 0 bridgehead atoms. The number of ether oxygens (including phenoxy) is 2. The van der Waals surface area contributed by atoms with Crippen LogP contribution in [0.5, 0.6) is 11.5 Å². The number of halogens is 1. The van der Waals surface area contributed by atoms with Crippen molar-refractivity contribution in [1.29, 1.82) is 0 Å². The molecule has 1 rings (SSSR count). The zero-order valence-electron chi connectivity index (χ0n) is 13.5. The Bertz CT molecular complexity index is 524. The van der Waals surface area contributed by atoms with Crippen LogP contribution in [0, 0.1) is 11.8 Å². The molecule has 0 aliphatic carbocycles. The molecule has 0 amide bonds. The maximum atomic E-state index is 5.77. The van der Waals surface area contributed by atoms with Gasteiger partial charge in [0.15, 0.2) is 11.5 Å². The quantitative estimate of drug-likeness (QED) is 0.615. The first-order valence-electron chi connectivity index (χ1n) is 7.01. The lowest BCUT2D eigenvalue weighted by molar-refractivity contribution is 0.299. The van der Waals surface area contributed by atoms with E-state index in [1.165, 1.54) is 0 Å². The lowest BCUT2D eigenvalue weighted by atomic mass is 10.1. The SMILES string of the molecule is CC#CCCOc1c(Br)cc(CNC(C)(C)C)cc1OC. The molecule has 0 unspecified atom stereocenters. The fourth-order valence-electron chi connectivity index (χ4n) is 1.71. The lowest BCUT2D eigenvalue weighted by Crippen LogP contribution is -2.35. The van der Waals surface area contributed by atoms with Crippen LogP contribution in [-0.2, 0) is 6.54 Å². The smallest absolute Gasteiger partial charge is 0.175 e. The van der Waals surface area contributed by atoms with Crippen molar-refractivity contribution in [2.24, 2.45) is 0 Å². The monoisotopic (exact) mass is 353 g/mol. The Labute approximate surface area is 136 Å². The molecule has 0 saturated carbocycles. The average Bonchev–Trinajstić information content (AvgIpc) is 2.41. The van der Waals surface area contributed by atoms with Crippen molar-refractivity contribution in [3.05, 3.63) is 22.2 Å². The molecule has 0 saturated heterocycles. The standard InChI is InChI=1S/C17H24BrNO2/c1-6-7-8-9-21-16-14(18)10-13(11-15(16)20-5)12-19-17(2,3)4/h10-11,19H,8-9,12H2,1-5H3. The van der Waals surface area contributed by atoms with Crippen LogP contribution in [0.15, 0.2) is 16.6 Å². The third-order valence-electron chi connectivity index (χ3n) is 2.76. The summed E-state index contributed by atoms with van der Waals surface area (Å²) in [7, 11) is 1.65. The van der Waals surface area contributed by atoms with E-state index in [2.05, 4.69) is 59.9 Å². The van der Waals surface area contributed by atoms with Gasteiger partial charge in [0.1, 0.15) is 0 Å². The van der Waals surface area contributed by atoms with Gasteiger partial charge in [0.05, 0.1) is 18.2 Å². The molecule has 3 nitrogen and oxygen atoms in total. The third-order valence-corrected chi connectivity index (χ3v) is 3.35. The molecule has 1 aromatic rings. The zero-order valence-corrected chi connectivity index (χ0v) is 15.1. The minimum atomic E-state index is 0.0771. The van der Waals surface area contributed by atoms with Gasteiger partial charge >= 0.3 is 0 Å². The van der Waals surface area contributed by atoms with Gasteiger partial charge < -0.3 is 14.8 Å². The van der Waals surface area contributed by atoms with E-state index in [0.717, 1.165) is 28.1 Å². The number of rotatable bonds is 6. The summed E-state index contributed by atoms with van der Waals surface area (Å²) in [6.45, 7) is 9.59. The summed E-state index contributed by atoms with van der Waals surface area (Å²) in [6, 6.07) is 4.06. The number of benzene rings is 1. The largest absolute Gasteiger partial charge is 0.493 e. The van der Waals surface area contributed by atoms with Crippen molar-refractivity contribution in [1.82, 2.24) is 5.32 Å². The molecule has 0 atom stereocenters. The Morgan fingerprint density at radius 1 is 1.29 bits per heavy atom. The van der Waals surface area contributed by atoms with Gasteiger partial charge in [0.25, 0.3) is 0 Å². The molecule has 1 aromatic carbocycles. The Balaban J connectivity index is 2.83. The van der Waals surface area contributed by atoms with E-state index in [9.17, 15) is 0 Å². The summed E-state index contributed by atoms with van der Waals surface area (Å²) in [6.07, 6.45) is 0.708. The number of hydrogen-bond acceptors (Lipinski definition) is 3. The number of methoxy groups -OCH3 is 1. The summed E-state index contributed by atoms with van der Waals surface area (Å²) >= 11 is 3.56. The van der Waals surface area contributed by atoms with Crippen molar-refractivity contribution in [3.8, 4) is 23.3 Å². The molecule has 1 N–H and O–H groups in total. The van der Waals surface area contributed by atoms with Gasteiger partial charge in [0.2, 0.25) is 0 Å². The normalized spacial score (nSPS) is 10.8.